The first-order valence-electron chi connectivity index (χ1n) is 22.6. The van der Waals surface area contributed by atoms with Gasteiger partial charge in [-0.1, -0.05) is 174 Å². The molecule has 0 saturated heterocycles. The highest BCUT2D eigenvalue weighted by Gasteiger charge is 2.31. The minimum absolute atomic E-state index is 0.388. The van der Waals surface area contributed by atoms with Gasteiger partial charge in [-0.05, 0) is 103 Å². The molecule has 0 saturated carbocycles. The lowest BCUT2D eigenvalue weighted by atomic mass is 9.91. The van der Waals surface area contributed by atoms with Gasteiger partial charge in [0.05, 0.1) is 22.3 Å². The van der Waals surface area contributed by atoms with Crippen molar-refractivity contribution in [3.8, 4) is 84.4 Å². The summed E-state index contributed by atoms with van der Waals surface area (Å²) in [5.74, 6) is 1.35. The zero-order valence-corrected chi connectivity index (χ0v) is 37.6. The van der Waals surface area contributed by atoms with Gasteiger partial charge in [-0.3, -0.25) is 0 Å². The molecule has 2 aromatic heterocycles. The van der Waals surface area contributed by atoms with Gasteiger partial charge in [0.25, 0.3) is 0 Å². The predicted octanol–water partition coefficient (Wildman–Crippen LogP) is 16.6. The normalized spacial score (nSPS) is 11.7. The van der Waals surface area contributed by atoms with Crippen molar-refractivity contribution in [3.63, 3.8) is 0 Å². The maximum Gasteiger partial charge on any atom is 0.416 e. The summed E-state index contributed by atoms with van der Waals surface area (Å²) >= 11 is 0. The zero-order chi connectivity index (χ0) is 46.5. The Morgan fingerprint density at radius 1 is 0.338 bits per heavy atom. The molecule has 0 amide bonds. The summed E-state index contributed by atoms with van der Waals surface area (Å²) in [7, 11) is 0. The number of aryl methyl sites for hydroxylation is 3. The van der Waals surface area contributed by atoms with Crippen molar-refractivity contribution in [1.82, 2.24) is 19.5 Å². The first-order chi connectivity index (χ1) is 33.0. The average Bonchev–Trinajstić information content (AvgIpc) is 3.69. The van der Waals surface area contributed by atoms with Crippen LogP contribution in [0.5, 0.6) is 0 Å². The summed E-state index contributed by atoms with van der Waals surface area (Å²) in [6, 6.07) is 67.4. The predicted molar refractivity (Wildman–Crippen MR) is 271 cm³/mol. The second-order valence-electron chi connectivity index (χ2n) is 17.4. The van der Waals surface area contributed by atoms with Crippen LogP contribution in [0.3, 0.4) is 0 Å². The van der Waals surface area contributed by atoms with E-state index in [0.29, 0.717) is 34.2 Å². The summed E-state index contributed by atoms with van der Waals surface area (Å²) in [4.78, 5) is 15.2. The van der Waals surface area contributed by atoms with Crippen LogP contribution in [0.15, 0.2) is 206 Å². The van der Waals surface area contributed by atoms with Crippen LogP contribution >= 0.6 is 0 Å². The van der Waals surface area contributed by atoms with E-state index in [1.807, 2.05) is 85.8 Å². The lowest BCUT2D eigenvalue weighted by Crippen LogP contribution is -2.06. The van der Waals surface area contributed by atoms with Gasteiger partial charge in [-0.25, -0.2) is 15.0 Å². The van der Waals surface area contributed by atoms with Gasteiger partial charge in [-0.15, -0.1) is 0 Å². The number of rotatable bonds is 8. The molecule has 0 radical (unpaired) electrons. The van der Waals surface area contributed by atoms with E-state index in [1.54, 1.807) is 6.07 Å². The number of alkyl halides is 3. The highest BCUT2D eigenvalue weighted by Crippen LogP contribution is 2.46. The SMILES string of the molecule is Cc1ccc(-c2ccc3c(c2)c2cc(-c4ccc(C)cc4)ccc2n3-c2c(-c3cccc(C)c3)cc(-c3nc(-c4ccccc4)nc(-c4ccccc4)n3)cc2-c2cccc(C(F)(F)F)c2)cc1. The lowest BCUT2D eigenvalue weighted by molar-refractivity contribution is -0.137. The molecule has 68 heavy (non-hydrogen) atoms. The largest absolute Gasteiger partial charge is 0.416 e. The third-order valence-corrected chi connectivity index (χ3v) is 12.7. The Bertz CT molecular complexity index is 3510. The Hall–Kier alpha value is -8.42. The third kappa shape index (κ3) is 8.02. The van der Waals surface area contributed by atoms with Crippen LogP contribution in [0, 0.1) is 20.8 Å². The van der Waals surface area contributed by atoms with Crippen LogP contribution in [0.2, 0.25) is 0 Å². The number of nitrogens with zero attached hydrogens (tertiary/aromatic N) is 4. The number of aromatic nitrogens is 4. The summed E-state index contributed by atoms with van der Waals surface area (Å²) in [5.41, 5.74) is 14.4. The fourth-order valence-electron chi connectivity index (χ4n) is 9.17. The van der Waals surface area contributed by atoms with Gasteiger partial charge in [0.2, 0.25) is 0 Å². The standard InChI is InChI=1S/C61H43F3N4/c1-38-20-24-41(25-21-38)45-28-30-55-53(34-45)54-35-46(42-26-22-39(2)23-27-42)29-31-56(54)68(55)57-51(47-17-10-12-40(3)32-47)36-49(37-52(57)48-18-11-19-50(33-48)61(62,63)64)60-66-58(43-13-6-4-7-14-43)65-59(67-60)44-15-8-5-9-16-44/h4-37H,1-3H3. The van der Waals surface area contributed by atoms with E-state index in [0.717, 1.165) is 83.6 Å². The molecular formula is C61H43F3N4. The van der Waals surface area contributed by atoms with Gasteiger partial charge >= 0.3 is 6.18 Å². The molecule has 0 aliphatic rings. The number of halogens is 3. The number of benzene rings is 9. The van der Waals surface area contributed by atoms with Gasteiger partial charge in [0.15, 0.2) is 17.5 Å². The number of fused-ring (bicyclic) bond motifs is 3. The first kappa shape index (κ1) is 42.2. The fraction of sp³-hybridized carbons (Fsp3) is 0.0656. The summed E-state index contributed by atoms with van der Waals surface area (Å²) in [6.45, 7) is 6.21. The van der Waals surface area contributed by atoms with E-state index in [4.69, 9.17) is 15.0 Å². The minimum atomic E-state index is -4.58. The molecule has 0 aliphatic carbocycles. The van der Waals surface area contributed by atoms with Gasteiger partial charge in [0, 0.05) is 38.6 Å². The minimum Gasteiger partial charge on any atom is -0.308 e. The van der Waals surface area contributed by atoms with Crippen molar-refractivity contribution in [2.75, 3.05) is 0 Å². The fourth-order valence-corrected chi connectivity index (χ4v) is 9.17. The summed E-state index contributed by atoms with van der Waals surface area (Å²) in [6.07, 6.45) is -4.58. The van der Waals surface area contributed by atoms with E-state index in [-0.39, 0.29) is 0 Å². The van der Waals surface area contributed by atoms with Crippen molar-refractivity contribution in [2.24, 2.45) is 0 Å². The summed E-state index contributed by atoms with van der Waals surface area (Å²) in [5, 5.41) is 2.03. The van der Waals surface area contributed by atoms with Crippen molar-refractivity contribution in [2.45, 2.75) is 26.9 Å². The lowest BCUT2D eigenvalue weighted by Gasteiger charge is -2.22. The summed E-state index contributed by atoms with van der Waals surface area (Å²) < 4.78 is 46.6. The van der Waals surface area contributed by atoms with Crippen LogP contribution in [-0.4, -0.2) is 19.5 Å². The Labute approximate surface area is 392 Å². The maximum absolute atomic E-state index is 14.8. The first-order valence-corrected chi connectivity index (χ1v) is 22.6. The van der Waals surface area contributed by atoms with Crippen LogP contribution in [-0.2, 0) is 6.18 Å². The van der Waals surface area contributed by atoms with Crippen LogP contribution in [0.1, 0.15) is 22.3 Å². The molecule has 4 nitrogen and oxygen atoms in total. The molecule has 9 aromatic carbocycles. The molecular weight excluding hydrogens is 846 g/mol. The van der Waals surface area contributed by atoms with Crippen molar-refractivity contribution >= 4 is 21.8 Å². The smallest absolute Gasteiger partial charge is 0.308 e. The second-order valence-corrected chi connectivity index (χ2v) is 17.4. The molecule has 0 spiro atoms. The Balaban J connectivity index is 1.26. The van der Waals surface area contributed by atoms with Gasteiger partial charge in [0.1, 0.15) is 0 Å². The quantitative estimate of drug-likeness (QED) is 0.153. The Morgan fingerprint density at radius 3 is 1.24 bits per heavy atom. The molecule has 11 rings (SSSR count). The van der Waals surface area contributed by atoms with Crippen molar-refractivity contribution < 1.29 is 13.2 Å². The molecule has 0 bridgehead atoms. The molecule has 328 valence electrons. The number of hydrogen-bond donors (Lipinski definition) is 0. The van der Waals surface area contributed by atoms with Crippen molar-refractivity contribution in [3.05, 3.63) is 229 Å². The molecule has 7 heteroatoms. The Kier molecular flexibility index (Phi) is 10.6. The average molecular weight is 889 g/mol. The highest BCUT2D eigenvalue weighted by atomic mass is 19.4. The van der Waals surface area contributed by atoms with Crippen LogP contribution in [0.25, 0.3) is 106 Å². The molecule has 0 unspecified atom stereocenters. The molecule has 0 aliphatic heterocycles. The number of hydrogen-bond acceptors (Lipinski definition) is 3. The molecule has 2 heterocycles. The van der Waals surface area contributed by atoms with Crippen LogP contribution < -0.4 is 0 Å². The zero-order valence-electron chi connectivity index (χ0n) is 37.6. The van der Waals surface area contributed by atoms with E-state index in [2.05, 4.69) is 122 Å². The maximum atomic E-state index is 14.8. The third-order valence-electron chi connectivity index (χ3n) is 12.7. The van der Waals surface area contributed by atoms with E-state index < -0.39 is 11.7 Å². The topological polar surface area (TPSA) is 43.6 Å². The van der Waals surface area contributed by atoms with E-state index in [1.165, 1.54) is 23.3 Å². The highest BCUT2D eigenvalue weighted by molar-refractivity contribution is 6.13. The molecule has 11 aromatic rings. The molecule has 0 atom stereocenters. The van der Waals surface area contributed by atoms with E-state index >= 15 is 0 Å². The van der Waals surface area contributed by atoms with Gasteiger partial charge < -0.3 is 4.57 Å². The molecule has 0 fully saturated rings. The van der Waals surface area contributed by atoms with Gasteiger partial charge in [-0.2, -0.15) is 13.2 Å². The monoisotopic (exact) mass is 888 g/mol. The molecule has 0 N–H and O–H groups in total. The van der Waals surface area contributed by atoms with Crippen molar-refractivity contribution in [1.29, 1.82) is 0 Å². The van der Waals surface area contributed by atoms with E-state index in [9.17, 15) is 13.2 Å². The van der Waals surface area contributed by atoms with Crippen LogP contribution in [0.4, 0.5) is 13.2 Å². The second kappa shape index (κ2) is 17.1. The Morgan fingerprint density at radius 2 is 0.765 bits per heavy atom.